The van der Waals surface area contributed by atoms with Crippen LogP contribution in [0.5, 0.6) is 11.5 Å². The molecule has 1 aliphatic rings. The summed E-state index contributed by atoms with van der Waals surface area (Å²) in [6.45, 7) is 4.66. The number of hydrogen-bond acceptors (Lipinski definition) is 5. The molecule has 0 N–H and O–H groups in total. The van der Waals surface area contributed by atoms with Gasteiger partial charge in [-0.25, -0.2) is 4.39 Å². The fourth-order valence-electron chi connectivity index (χ4n) is 3.55. The summed E-state index contributed by atoms with van der Waals surface area (Å²) in [4.78, 5) is 26.9. The van der Waals surface area contributed by atoms with E-state index in [4.69, 9.17) is 9.47 Å². The van der Waals surface area contributed by atoms with E-state index in [1.807, 2.05) is 44.2 Å². The summed E-state index contributed by atoms with van der Waals surface area (Å²) in [5, 5.41) is 1.37. The molecule has 0 unspecified atom stereocenters. The van der Waals surface area contributed by atoms with Crippen LogP contribution in [0.15, 0.2) is 59.5 Å². The van der Waals surface area contributed by atoms with Gasteiger partial charge in [0, 0.05) is 11.1 Å². The number of rotatable bonds is 7. The molecule has 1 aliphatic heterocycles. The predicted octanol–water partition coefficient (Wildman–Crippen LogP) is 6.01. The number of benzene rings is 3. The van der Waals surface area contributed by atoms with E-state index in [9.17, 15) is 14.0 Å². The van der Waals surface area contributed by atoms with Gasteiger partial charge in [-0.15, -0.1) is 0 Å². The molecular weight excluding hydrogens is 429 g/mol. The van der Waals surface area contributed by atoms with Gasteiger partial charge in [-0.3, -0.25) is 14.5 Å². The summed E-state index contributed by atoms with van der Waals surface area (Å²) < 4.78 is 25.5. The van der Waals surface area contributed by atoms with Crippen molar-refractivity contribution in [2.45, 2.75) is 20.4 Å². The normalized spacial score (nSPS) is 15.1. The van der Waals surface area contributed by atoms with Crippen molar-refractivity contribution in [2.75, 3.05) is 13.2 Å². The van der Waals surface area contributed by atoms with Gasteiger partial charge in [-0.05, 0) is 66.7 Å². The minimum atomic E-state index is -0.455. The first-order valence-electron chi connectivity index (χ1n) is 10.3. The summed E-state index contributed by atoms with van der Waals surface area (Å²) in [5.74, 6) is 0.404. The van der Waals surface area contributed by atoms with Gasteiger partial charge < -0.3 is 9.47 Å². The van der Waals surface area contributed by atoms with Gasteiger partial charge >= 0.3 is 0 Å². The van der Waals surface area contributed by atoms with Crippen molar-refractivity contribution in [2.24, 2.45) is 0 Å². The Hall–Kier alpha value is -3.32. The molecular formula is C25H22FNO4S. The van der Waals surface area contributed by atoms with E-state index in [-0.39, 0.29) is 17.0 Å². The van der Waals surface area contributed by atoms with Crippen LogP contribution in [0.2, 0.25) is 0 Å². The zero-order valence-electron chi connectivity index (χ0n) is 17.8. The third-order valence-corrected chi connectivity index (χ3v) is 5.95. The monoisotopic (exact) mass is 451 g/mol. The number of ether oxygens (including phenoxy) is 2. The molecule has 2 amide bonds. The van der Waals surface area contributed by atoms with Gasteiger partial charge in [0.15, 0.2) is 0 Å². The third-order valence-electron chi connectivity index (χ3n) is 5.04. The lowest BCUT2D eigenvalue weighted by Crippen LogP contribution is -2.27. The minimum absolute atomic E-state index is 0.114. The molecule has 3 aromatic carbocycles. The Morgan fingerprint density at radius 2 is 1.75 bits per heavy atom. The van der Waals surface area contributed by atoms with Gasteiger partial charge in [0.05, 0.1) is 24.7 Å². The van der Waals surface area contributed by atoms with Gasteiger partial charge in [0.25, 0.3) is 11.1 Å². The van der Waals surface area contributed by atoms with E-state index >= 15 is 0 Å². The highest BCUT2D eigenvalue weighted by atomic mass is 32.2. The Labute approximate surface area is 189 Å². The molecule has 0 bridgehead atoms. The number of nitrogens with zero attached hydrogens (tertiary/aromatic N) is 1. The lowest BCUT2D eigenvalue weighted by Gasteiger charge is -2.14. The molecule has 4 rings (SSSR count). The summed E-state index contributed by atoms with van der Waals surface area (Å²) in [5.41, 5.74) is 0.986. The smallest absolute Gasteiger partial charge is 0.293 e. The second-order valence-corrected chi connectivity index (χ2v) is 8.08. The quantitative estimate of drug-likeness (QED) is 0.412. The van der Waals surface area contributed by atoms with E-state index < -0.39 is 17.0 Å². The average molecular weight is 452 g/mol. The Morgan fingerprint density at radius 3 is 2.50 bits per heavy atom. The van der Waals surface area contributed by atoms with Crippen LogP contribution in [-0.4, -0.2) is 29.3 Å². The first-order valence-corrected chi connectivity index (χ1v) is 11.1. The number of carbonyl (C=O) groups excluding carboxylic acids is 2. The topological polar surface area (TPSA) is 55.8 Å². The number of fused-ring (bicyclic) bond motifs is 1. The Balaban J connectivity index is 1.75. The van der Waals surface area contributed by atoms with Gasteiger partial charge in [-0.1, -0.05) is 30.3 Å². The summed E-state index contributed by atoms with van der Waals surface area (Å²) in [6.07, 6.45) is 1.68. The van der Waals surface area contributed by atoms with Crippen LogP contribution in [0.25, 0.3) is 16.8 Å². The number of thioether (sulfide) groups is 1. The molecule has 3 aromatic rings. The first kappa shape index (κ1) is 21.9. The van der Waals surface area contributed by atoms with Crippen molar-refractivity contribution in [3.63, 3.8) is 0 Å². The zero-order chi connectivity index (χ0) is 22.7. The van der Waals surface area contributed by atoms with Crippen molar-refractivity contribution in [1.82, 2.24) is 4.90 Å². The molecule has 0 aliphatic carbocycles. The molecule has 0 radical (unpaired) electrons. The van der Waals surface area contributed by atoms with Crippen LogP contribution in [0.3, 0.4) is 0 Å². The molecule has 32 heavy (non-hydrogen) atoms. The molecule has 1 heterocycles. The number of halogens is 1. The Morgan fingerprint density at radius 1 is 1.00 bits per heavy atom. The fraction of sp³-hybridized carbons (Fsp3) is 0.200. The van der Waals surface area contributed by atoms with Crippen LogP contribution >= 0.6 is 11.8 Å². The SMILES string of the molecule is CCOc1ccc2ccc(OCC)c(/C=C3\SC(=O)N(Cc4ccccc4F)C3=O)c2c1. The highest BCUT2D eigenvalue weighted by molar-refractivity contribution is 8.18. The summed E-state index contributed by atoms with van der Waals surface area (Å²) in [6, 6.07) is 15.6. The van der Waals surface area contributed by atoms with E-state index in [1.54, 1.807) is 24.3 Å². The molecule has 0 atom stereocenters. The fourth-order valence-corrected chi connectivity index (χ4v) is 4.37. The molecule has 1 saturated heterocycles. The molecule has 5 nitrogen and oxygen atoms in total. The van der Waals surface area contributed by atoms with Crippen LogP contribution in [0.4, 0.5) is 9.18 Å². The van der Waals surface area contributed by atoms with Crippen LogP contribution in [0, 0.1) is 5.82 Å². The van der Waals surface area contributed by atoms with E-state index in [1.165, 1.54) is 6.07 Å². The summed E-state index contributed by atoms with van der Waals surface area (Å²) in [7, 11) is 0. The van der Waals surface area contributed by atoms with Crippen molar-refractivity contribution in [3.05, 3.63) is 76.4 Å². The van der Waals surface area contributed by atoms with Crippen LogP contribution in [0.1, 0.15) is 25.0 Å². The lowest BCUT2D eigenvalue weighted by atomic mass is 10.0. The lowest BCUT2D eigenvalue weighted by molar-refractivity contribution is -0.123. The highest BCUT2D eigenvalue weighted by Gasteiger charge is 2.35. The molecule has 164 valence electrons. The molecule has 1 fully saturated rings. The van der Waals surface area contributed by atoms with E-state index in [0.717, 1.165) is 27.4 Å². The molecule has 0 aromatic heterocycles. The van der Waals surface area contributed by atoms with Crippen LogP contribution < -0.4 is 9.47 Å². The van der Waals surface area contributed by atoms with Gasteiger partial charge in [0.2, 0.25) is 0 Å². The maximum absolute atomic E-state index is 14.1. The maximum Gasteiger partial charge on any atom is 0.293 e. The van der Waals surface area contributed by atoms with Crippen LogP contribution in [-0.2, 0) is 11.3 Å². The minimum Gasteiger partial charge on any atom is -0.494 e. The number of amides is 2. The van der Waals surface area contributed by atoms with Crippen molar-refractivity contribution in [3.8, 4) is 11.5 Å². The van der Waals surface area contributed by atoms with Gasteiger partial charge in [-0.2, -0.15) is 0 Å². The van der Waals surface area contributed by atoms with E-state index in [2.05, 4.69) is 0 Å². The number of carbonyl (C=O) groups is 2. The third kappa shape index (κ3) is 4.34. The number of imide groups is 1. The summed E-state index contributed by atoms with van der Waals surface area (Å²) >= 11 is 0.841. The predicted molar refractivity (Wildman–Crippen MR) is 124 cm³/mol. The average Bonchev–Trinajstić information content (AvgIpc) is 3.04. The van der Waals surface area contributed by atoms with E-state index in [0.29, 0.717) is 30.3 Å². The standard InChI is InChI=1S/C25H22FNO4S/c1-3-30-18-11-9-16-10-12-22(31-4-2)20(19(16)13-18)14-23-24(28)27(25(29)32-23)15-17-7-5-6-8-21(17)26/h5-14H,3-4,15H2,1-2H3/b23-14-. The second-order valence-electron chi connectivity index (χ2n) is 7.09. The van der Waals surface area contributed by atoms with Crippen molar-refractivity contribution < 1.29 is 23.5 Å². The first-order chi connectivity index (χ1) is 15.5. The molecule has 0 saturated carbocycles. The van der Waals surface area contributed by atoms with Crippen molar-refractivity contribution >= 4 is 39.8 Å². The Kier molecular flexibility index (Phi) is 6.46. The maximum atomic E-state index is 14.1. The molecule has 7 heteroatoms. The zero-order valence-corrected chi connectivity index (χ0v) is 18.6. The van der Waals surface area contributed by atoms with Gasteiger partial charge in [0.1, 0.15) is 17.3 Å². The largest absolute Gasteiger partial charge is 0.494 e. The Bertz CT molecular complexity index is 1220. The number of hydrogen-bond donors (Lipinski definition) is 0. The van der Waals surface area contributed by atoms with Crippen molar-refractivity contribution in [1.29, 1.82) is 0 Å². The highest BCUT2D eigenvalue weighted by Crippen LogP contribution is 2.38. The molecule has 0 spiro atoms. The second kappa shape index (κ2) is 9.44.